The molecule has 0 unspecified atom stereocenters. The second-order valence-electron chi connectivity index (χ2n) is 5.53. The number of aliphatic hydroxyl groups is 1. The van der Waals surface area contributed by atoms with E-state index in [9.17, 15) is 9.90 Å². The highest BCUT2D eigenvalue weighted by atomic mass is 16.3. The summed E-state index contributed by atoms with van der Waals surface area (Å²) in [6.45, 7) is 9.08. The molecule has 0 aliphatic carbocycles. The highest BCUT2D eigenvalue weighted by Crippen LogP contribution is 2.24. The number of nitrogens with one attached hydrogen (secondary N) is 1. The summed E-state index contributed by atoms with van der Waals surface area (Å²) >= 11 is 0. The first-order valence-electron chi connectivity index (χ1n) is 7.82. The Hall–Kier alpha value is -1.40. The first kappa shape index (κ1) is 16.0. The van der Waals surface area contributed by atoms with Gasteiger partial charge in [-0.2, -0.15) is 5.10 Å². The molecule has 0 bridgehead atoms. The van der Waals surface area contributed by atoms with Gasteiger partial charge < -0.3 is 10.4 Å². The lowest BCUT2D eigenvalue weighted by molar-refractivity contribution is -0.126. The molecule has 1 atom stereocenters. The minimum Gasteiger partial charge on any atom is -0.390 e. The number of amides is 1. The lowest BCUT2D eigenvalue weighted by Crippen LogP contribution is -2.47. The maximum absolute atomic E-state index is 12.1. The number of hydrogen-bond acceptors (Lipinski definition) is 4. The Kier molecular flexibility index (Phi) is 5.36. The fraction of sp³-hybridized carbons (Fsp3) is 0.733. The maximum atomic E-state index is 12.1. The third-order valence-corrected chi connectivity index (χ3v) is 4.17. The van der Waals surface area contributed by atoms with Gasteiger partial charge in [0, 0.05) is 43.9 Å². The summed E-state index contributed by atoms with van der Waals surface area (Å²) < 4.78 is 1.97. The van der Waals surface area contributed by atoms with Crippen molar-refractivity contribution in [3.63, 3.8) is 0 Å². The van der Waals surface area contributed by atoms with Gasteiger partial charge in [0.2, 0.25) is 5.91 Å². The van der Waals surface area contributed by atoms with Gasteiger partial charge in [-0.25, -0.2) is 0 Å². The van der Waals surface area contributed by atoms with Crippen LogP contribution in [0.3, 0.4) is 0 Å². The van der Waals surface area contributed by atoms with Crippen molar-refractivity contribution < 1.29 is 9.90 Å². The van der Waals surface area contributed by atoms with Crippen LogP contribution in [0.5, 0.6) is 0 Å². The Morgan fingerprint density at radius 3 is 2.86 bits per heavy atom. The summed E-state index contributed by atoms with van der Waals surface area (Å²) in [5.41, 5.74) is 3.05. The van der Waals surface area contributed by atoms with E-state index in [1.165, 1.54) is 5.69 Å². The van der Waals surface area contributed by atoms with Gasteiger partial charge in [0.1, 0.15) is 0 Å². The second kappa shape index (κ2) is 7.04. The van der Waals surface area contributed by atoms with Crippen LogP contribution >= 0.6 is 0 Å². The summed E-state index contributed by atoms with van der Waals surface area (Å²) in [5.74, 6) is 0.0775. The van der Waals surface area contributed by atoms with Crippen molar-refractivity contribution in [2.45, 2.75) is 59.4 Å². The summed E-state index contributed by atoms with van der Waals surface area (Å²) in [6.07, 6.45) is 1.82. The molecule has 0 fully saturated rings. The molecule has 21 heavy (non-hydrogen) atoms. The van der Waals surface area contributed by atoms with Crippen LogP contribution in [0.4, 0.5) is 0 Å². The Bertz CT molecular complexity index is 498. The van der Waals surface area contributed by atoms with E-state index in [-0.39, 0.29) is 18.6 Å². The molecule has 0 saturated heterocycles. The summed E-state index contributed by atoms with van der Waals surface area (Å²) in [4.78, 5) is 14.3. The molecule has 1 aromatic heterocycles. The largest absolute Gasteiger partial charge is 0.390 e. The van der Waals surface area contributed by atoms with Crippen LogP contribution in [0, 0.1) is 0 Å². The topological polar surface area (TPSA) is 70.4 Å². The van der Waals surface area contributed by atoms with E-state index in [4.69, 9.17) is 0 Å². The van der Waals surface area contributed by atoms with Gasteiger partial charge in [0.25, 0.3) is 0 Å². The number of carbonyl (C=O) groups excluding carboxylic acids is 1. The molecule has 6 nitrogen and oxygen atoms in total. The monoisotopic (exact) mass is 294 g/mol. The Morgan fingerprint density at radius 2 is 2.24 bits per heavy atom. The molecule has 118 valence electrons. The van der Waals surface area contributed by atoms with Gasteiger partial charge in [-0.05, 0) is 20.3 Å². The van der Waals surface area contributed by atoms with E-state index in [1.54, 1.807) is 0 Å². The van der Waals surface area contributed by atoms with Crippen LogP contribution in [0.2, 0.25) is 0 Å². The average Bonchev–Trinajstić information content (AvgIpc) is 2.88. The highest BCUT2D eigenvalue weighted by Gasteiger charge is 2.29. The first-order chi connectivity index (χ1) is 10.1. The number of hydrogen-bond donors (Lipinski definition) is 2. The lowest BCUT2D eigenvalue weighted by atomic mass is 10.0. The highest BCUT2D eigenvalue weighted by molar-refractivity contribution is 5.81. The third-order valence-electron chi connectivity index (χ3n) is 4.17. The van der Waals surface area contributed by atoms with Gasteiger partial charge in [-0.15, -0.1) is 0 Å². The van der Waals surface area contributed by atoms with E-state index in [0.717, 1.165) is 43.7 Å². The normalized spacial score (nSPS) is 16.6. The van der Waals surface area contributed by atoms with Crippen molar-refractivity contribution in [3.8, 4) is 0 Å². The van der Waals surface area contributed by atoms with Crippen LogP contribution in [0.25, 0.3) is 0 Å². The van der Waals surface area contributed by atoms with Crippen molar-refractivity contribution in [2.75, 3.05) is 13.1 Å². The Morgan fingerprint density at radius 1 is 1.48 bits per heavy atom. The Balaban J connectivity index is 2.11. The second-order valence-corrected chi connectivity index (χ2v) is 5.53. The van der Waals surface area contributed by atoms with Gasteiger partial charge >= 0.3 is 0 Å². The third kappa shape index (κ3) is 3.27. The fourth-order valence-corrected chi connectivity index (χ4v) is 2.86. The van der Waals surface area contributed by atoms with Crippen molar-refractivity contribution >= 4 is 5.91 Å². The molecular formula is C15H26N4O2. The Labute approximate surface area is 126 Å². The number of aliphatic hydroxyl groups excluding tert-OH is 1. The van der Waals surface area contributed by atoms with Crippen LogP contribution < -0.4 is 5.32 Å². The molecule has 2 rings (SSSR count). The van der Waals surface area contributed by atoms with Crippen molar-refractivity contribution in [2.24, 2.45) is 0 Å². The number of aryl methyl sites for hydroxylation is 1. The minimum absolute atomic E-state index is 0.0421. The summed E-state index contributed by atoms with van der Waals surface area (Å²) in [7, 11) is 0. The molecular weight excluding hydrogens is 268 g/mol. The van der Waals surface area contributed by atoms with Crippen LogP contribution in [0.1, 0.15) is 44.1 Å². The molecule has 0 radical (unpaired) electrons. The molecule has 6 heteroatoms. The van der Waals surface area contributed by atoms with Crippen LogP contribution in [0.15, 0.2) is 0 Å². The fourth-order valence-electron chi connectivity index (χ4n) is 2.86. The number of fused-ring (bicyclic) bond motifs is 1. The van der Waals surface area contributed by atoms with E-state index in [0.29, 0.717) is 6.54 Å². The molecule has 1 amide bonds. The van der Waals surface area contributed by atoms with E-state index in [1.807, 2.05) is 18.5 Å². The zero-order chi connectivity index (χ0) is 15.4. The molecule has 1 aliphatic rings. The van der Waals surface area contributed by atoms with Crippen molar-refractivity contribution in [3.05, 3.63) is 17.0 Å². The minimum atomic E-state index is -0.152. The molecule has 0 spiro atoms. The molecule has 0 saturated carbocycles. The molecule has 2 heterocycles. The predicted octanol–water partition coefficient (Wildman–Crippen LogP) is 0.668. The number of carbonyl (C=O) groups is 1. The van der Waals surface area contributed by atoms with Gasteiger partial charge in [0.15, 0.2) is 0 Å². The van der Waals surface area contributed by atoms with Crippen molar-refractivity contribution in [1.82, 2.24) is 20.0 Å². The predicted molar refractivity (Wildman–Crippen MR) is 80.7 cm³/mol. The van der Waals surface area contributed by atoms with Gasteiger partial charge in [-0.3, -0.25) is 14.4 Å². The summed E-state index contributed by atoms with van der Waals surface area (Å²) in [5, 5.41) is 16.9. The molecule has 0 aromatic carbocycles. The van der Waals surface area contributed by atoms with Crippen molar-refractivity contribution in [1.29, 1.82) is 0 Å². The zero-order valence-electron chi connectivity index (χ0n) is 13.2. The van der Waals surface area contributed by atoms with Gasteiger partial charge in [0.05, 0.1) is 18.3 Å². The average molecular weight is 294 g/mol. The standard InChI is InChI=1S/C15H26N4O2/c1-4-7-16-15(21)11(3)18-8-6-14-12(9-18)13(10-20)17-19(14)5-2/h11,20H,4-10H2,1-3H3,(H,16,21)/t11-/m0/s1. The molecule has 2 N–H and O–H groups in total. The smallest absolute Gasteiger partial charge is 0.237 e. The quantitative estimate of drug-likeness (QED) is 0.809. The first-order valence-corrected chi connectivity index (χ1v) is 7.82. The molecule has 1 aromatic rings. The van der Waals surface area contributed by atoms with Gasteiger partial charge in [-0.1, -0.05) is 6.92 Å². The van der Waals surface area contributed by atoms with E-state index in [2.05, 4.69) is 22.2 Å². The molecule has 1 aliphatic heterocycles. The summed E-state index contributed by atoms with van der Waals surface area (Å²) in [6, 6.07) is -0.152. The van der Waals surface area contributed by atoms with E-state index < -0.39 is 0 Å². The van der Waals surface area contributed by atoms with Crippen LogP contribution in [-0.4, -0.2) is 44.8 Å². The number of nitrogens with zero attached hydrogens (tertiary/aromatic N) is 3. The van der Waals surface area contributed by atoms with E-state index >= 15 is 0 Å². The number of rotatable bonds is 6. The van der Waals surface area contributed by atoms with Crippen LogP contribution in [-0.2, 0) is 30.9 Å². The maximum Gasteiger partial charge on any atom is 0.237 e. The number of aromatic nitrogens is 2. The zero-order valence-corrected chi connectivity index (χ0v) is 13.2. The lowest BCUT2D eigenvalue weighted by Gasteiger charge is -2.32. The SMILES string of the molecule is CCCNC(=O)[C@H](C)N1CCc2c(c(CO)nn2CC)C1.